The number of rotatable bonds is 12. The summed E-state index contributed by atoms with van der Waals surface area (Å²) in [7, 11) is 0. The van der Waals surface area contributed by atoms with Gasteiger partial charge in [0.15, 0.2) is 0 Å². The minimum absolute atomic E-state index is 0. The first-order valence-corrected chi connectivity index (χ1v) is 8.89. The molecule has 0 saturated heterocycles. The third-order valence-electron chi connectivity index (χ3n) is 3.37. The summed E-state index contributed by atoms with van der Waals surface area (Å²) in [5.41, 5.74) is 0. The second-order valence-corrected chi connectivity index (χ2v) is 5.39. The van der Waals surface area contributed by atoms with Crippen LogP contribution in [0.4, 0.5) is 0 Å². The Morgan fingerprint density at radius 2 is 1.35 bits per heavy atom. The molecule has 0 aromatic heterocycles. The van der Waals surface area contributed by atoms with Crippen LogP contribution in [0.2, 0.25) is 0 Å². The molecular formula is C18H35BNaO6. The summed E-state index contributed by atoms with van der Waals surface area (Å²) in [6.45, 7) is 8.42. The molecule has 0 aliphatic carbocycles. The maximum absolute atomic E-state index is 11.2. The predicted octanol–water partition coefficient (Wildman–Crippen LogP) is -0.361. The molecule has 6 nitrogen and oxygen atoms in total. The molecule has 0 unspecified atom stereocenters. The van der Waals surface area contributed by atoms with Gasteiger partial charge in [-0.2, -0.15) is 0 Å². The molecule has 147 valence electrons. The van der Waals surface area contributed by atoms with Crippen LogP contribution in [0, 0.1) is 11.8 Å². The first kappa shape index (κ1) is 33.2. The van der Waals surface area contributed by atoms with Crippen LogP contribution >= 0.6 is 0 Å². The van der Waals surface area contributed by atoms with Crippen molar-refractivity contribution in [1.29, 1.82) is 0 Å². The van der Waals surface area contributed by atoms with Crippen LogP contribution in [0.1, 0.15) is 67.6 Å². The summed E-state index contributed by atoms with van der Waals surface area (Å²) in [6.07, 6.45) is 4.97. The Balaban J connectivity index is -0.000000108. The Morgan fingerprint density at radius 1 is 0.923 bits per heavy atom. The number of ether oxygens (including phenoxy) is 2. The molecule has 0 aromatic carbocycles. The van der Waals surface area contributed by atoms with E-state index in [1.165, 1.54) is 0 Å². The maximum atomic E-state index is 11.2. The number of esters is 2. The van der Waals surface area contributed by atoms with Crippen LogP contribution in [-0.4, -0.2) is 51.6 Å². The minimum atomic E-state index is -0.244. The van der Waals surface area contributed by atoms with Crippen LogP contribution in [0.25, 0.3) is 0 Å². The number of carbonyl (C=O) groups is 3. The number of aliphatic hydroxyl groups is 1. The molecule has 8 heteroatoms. The second kappa shape index (κ2) is 24.6. The van der Waals surface area contributed by atoms with Crippen molar-refractivity contribution in [3.05, 3.63) is 0 Å². The Hall–Kier alpha value is -0.365. The van der Waals surface area contributed by atoms with E-state index in [0.717, 1.165) is 32.0 Å². The zero-order valence-electron chi connectivity index (χ0n) is 18.2. The number of carbonyl (C=O) groups excluding carboxylic acids is 3. The molecule has 0 bridgehead atoms. The monoisotopic (exact) mass is 381 g/mol. The van der Waals surface area contributed by atoms with Crippen LogP contribution in [0.3, 0.4) is 0 Å². The van der Waals surface area contributed by atoms with Crippen molar-refractivity contribution in [2.75, 3.05) is 19.8 Å². The first-order valence-electron chi connectivity index (χ1n) is 8.89. The number of aliphatic hydroxyl groups excluding tert-OH is 1. The van der Waals surface area contributed by atoms with Gasteiger partial charge in [0.25, 0.3) is 0 Å². The molecule has 3 radical (unpaired) electrons. The Kier molecular flexibility index (Phi) is 31.5. The van der Waals surface area contributed by atoms with Gasteiger partial charge in [-0.25, -0.2) is 0 Å². The van der Waals surface area contributed by atoms with Crippen molar-refractivity contribution in [3.63, 3.8) is 0 Å². The quantitative estimate of drug-likeness (QED) is 0.282. The largest absolute Gasteiger partial charge is 1.00 e. The number of hydrogen-bond acceptors (Lipinski definition) is 6. The van der Waals surface area contributed by atoms with E-state index in [4.69, 9.17) is 14.6 Å². The zero-order chi connectivity index (χ0) is 18.8. The van der Waals surface area contributed by atoms with E-state index in [2.05, 4.69) is 0 Å². The third kappa shape index (κ3) is 18.4. The first-order chi connectivity index (χ1) is 11.5. The van der Waals surface area contributed by atoms with Gasteiger partial charge in [-0.15, -0.1) is 0 Å². The molecular weight excluding hydrogens is 346 g/mol. The summed E-state index contributed by atoms with van der Waals surface area (Å²) in [5.74, 6) is -0.757. The third-order valence-corrected chi connectivity index (χ3v) is 3.37. The van der Waals surface area contributed by atoms with Crippen molar-refractivity contribution in [2.45, 2.75) is 66.2 Å². The molecule has 2 atom stereocenters. The van der Waals surface area contributed by atoms with E-state index >= 15 is 0 Å². The summed E-state index contributed by atoms with van der Waals surface area (Å²) in [4.78, 5) is 32.5. The molecule has 0 spiro atoms. The standard InChI is InChI=1S/C9H18O3.C9H16O3.B.Na.H/c2*1-3-5-8(6-7-10)9(11)12-4-2;;;/h8,10H,3-7H2,1-2H3;7-8H,3-6H2,1-2H3;;;/q;;;+1;-1/t2*8-;;;/m11.../s1. The van der Waals surface area contributed by atoms with E-state index in [0.29, 0.717) is 19.6 Å². The molecule has 1 N–H and O–H groups in total. The summed E-state index contributed by atoms with van der Waals surface area (Å²) >= 11 is 0. The molecule has 0 rings (SSSR count). The van der Waals surface area contributed by atoms with Crippen LogP contribution in [0.15, 0.2) is 0 Å². The molecule has 0 aliphatic rings. The molecule has 26 heavy (non-hydrogen) atoms. The Morgan fingerprint density at radius 3 is 1.69 bits per heavy atom. The average molecular weight is 381 g/mol. The molecule has 0 amide bonds. The number of aldehydes is 1. The summed E-state index contributed by atoms with van der Waals surface area (Å²) in [6, 6.07) is 0. The average Bonchev–Trinajstić information content (AvgIpc) is 2.55. The van der Waals surface area contributed by atoms with Gasteiger partial charge in [-0.3, -0.25) is 9.59 Å². The minimum Gasteiger partial charge on any atom is -1.00 e. The van der Waals surface area contributed by atoms with Crippen LogP contribution in [-0.2, 0) is 23.9 Å². The molecule has 0 aliphatic heterocycles. The molecule has 0 saturated carbocycles. The number of hydrogen-bond donors (Lipinski definition) is 1. The fourth-order valence-corrected chi connectivity index (χ4v) is 2.20. The van der Waals surface area contributed by atoms with Gasteiger partial charge in [0.05, 0.1) is 25.0 Å². The van der Waals surface area contributed by atoms with Crippen LogP contribution in [0.5, 0.6) is 0 Å². The van der Waals surface area contributed by atoms with E-state index in [1.807, 2.05) is 13.8 Å². The van der Waals surface area contributed by atoms with Crippen molar-refractivity contribution in [3.8, 4) is 0 Å². The SMILES string of the molecule is CCC[C@H](CC=O)C(=O)OCC.CCC[C@H](CCO)C(=O)OCC.[B].[H-].[Na+]. The fraction of sp³-hybridized carbons (Fsp3) is 0.833. The van der Waals surface area contributed by atoms with E-state index in [-0.39, 0.29) is 76.2 Å². The van der Waals surface area contributed by atoms with Gasteiger partial charge in [-0.05, 0) is 33.1 Å². The van der Waals surface area contributed by atoms with Gasteiger partial charge < -0.3 is 20.8 Å². The van der Waals surface area contributed by atoms with Crippen molar-refractivity contribution in [2.24, 2.45) is 11.8 Å². The Bertz CT molecular complexity index is 342. The summed E-state index contributed by atoms with van der Waals surface area (Å²) in [5, 5.41) is 8.67. The van der Waals surface area contributed by atoms with Gasteiger partial charge in [0, 0.05) is 21.4 Å². The normalized spacial score (nSPS) is 11.4. The maximum Gasteiger partial charge on any atom is 1.00 e. The van der Waals surface area contributed by atoms with E-state index < -0.39 is 0 Å². The summed E-state index contributed by atoms with van der Waals surface area (Å²) < 4.78 is 9.67. The molecule has 0 aromatic rings. The van der Waals surface area contributed by atoms with Crippen molar-refractivity contribution < 1.29 is 59.9 Å². The molecule has 0 heterocycles. The van der Waals surface area contributed by atoms with Gasteiger partial charge >= 0.3 is 41.5 Å². The van der Waals surface area contributed by atoms with E-state index in [1.54, 1.807) is 13.8 Å². The van der Waals surface area contributed by atoms with Gasteiger partial charge in [-0.1, -0.05) is 26.7 Å². The topological polar surface area (TPSA) is 89.9 Å². The predicted molar refractivity (Wildman–Crippen MR) is 99.3 cm³/mol. The second-order valence-electron chi connectivity index (χ2n) is 5.39. The smallest absolute Gasteiger partial charge is 1.00 e. The fourth-order valence-electron chi connectivity index (χ4n) is 2.20. The zero-order valence-corrected chi connectivity index (χ0v) is 19.2. The van der Waals surface area contributed by atoms with E-state index in [9.17, 15) is 14.4 Å². The van der Waals surface area contributed by atoms with Crippen molar-refractivity contribution >= 4 is 26.6 Å². The Labute approximate surface area is 184 Å². The van der Waals surface area contributed by atoms with Crippen LogP contribution < -0.4 is 29.6 Å². The van der Waals surface area contributed by atoms with Gasteiger partial charge in [0.2, 0.25) is 0 Å². The molecule has 0 fully saturated rings. The van der Waals surface area contributed by atoms with Crippen molar-refractivity contribution in [1.82, 2.24) is 0 Å². The van der Waals surface area contributed by atoms with Gasteiger partial charge in [0.1, 0.15) is 6.29 Å².